The lowest BCUT2D eigenvalue weighted by molar-refractivity contribution is 0.0521. The van der Waals surface area contributed by atoms with Crippen molar-refractivity contribution in [2.24, 2.45) is 0 Å². The van der Waals surface area contributed by atoms with Crippen molar-refractivity contribution >= 4 is 11.7 Å². The van der Waals surface area contributed by atoms with Crippen LogP contribution in [0.25, 0.3) is 0 Å². The van der Waals surface area contributed by atoms with Crippen LogP contribution in [0.5, 0.6) is 5.75 Å². The molecule has 0 aliphatic heterocycles. The number of hydrogen-bond donors (Lipinski definition) is 2. The monoisotopic (exact) mass is 253 g/mol. The number of esters is 1. The molecule has 100 valence electrons. The van der Waals surface area contributed by atoms with Crippen LogP contribution in [-0.4, -0.2) is 30.4 Å². The first kappa shape index (κ1) is 14.3. The van der Waals surface area contributed by atoms with E-state index in [-0.39, 0.29) is 0 Å². The van der Waals surface area contributed by atoms with Gasteiger partial charge in [-0.15, -0.1) is 0 Å². The van der Waals surface area contributed by atoms with Gasteiger partial charge in [0.25, 0.3) is 0 Å². The molecule has 0 aliphatic carbocycles. The fourth-order valence-electron chi connectivity index (χ4n) is 1.38. The highest BCUT2D eigenvalue weighted by molar-refractivity contribution is 5.93. The minimum Gasteiger partial charge on any atom is -0.493 e. The molecule has 1 aromatic carbocycles. The van der Waals surface area contributed by atoms with Crippen LogP contribution in [0.4, 0.5) is 5.69 Å². The lowest BCUT2D eigenvalue weighted by Crippen LogP contribution is -2.11. The van der Waals surface area contributed by atoms with Crippen molar-refractivity contribution in [1.82, 2.24) is 0 Å². The van der Waals surface area contributed by atoms with E-state index < -0.39 is 12.1 Å². The number of ether oxygens (including phenoxy) is 2. The zero-order valence-corrected chi connectivity index (χ0v) is 10.7. The molecule has 0 heterocycles. The van der Waals surface area contributed by atoms with E-state index in [1.54, 1.807) is 32.0 Å². The molecule has 0 aromatic heterocycles. The van der Waals surface area contributed by atoms with Crippen LogP contribution in [-0.2, 0) is 4.74 Å². The van der Waals surface area contributed by atoms with Crippen LogP contribution in [0.2, 0.25) is 0 Å². The summed E-state index contributed by atoms with van der Waals surface area (Å²) in [6.45, 7) is 4.03. The molecule has 0 bridgehead atoms. The number of nitrogen functional groups attached to an aromatic ring is 1. The maximum Gasteiger partial charge on any atom is 0.341 e. The third kappa shape index (κ3) is 4.25. The lowest BCUT2D eigenvalue weighted by atomic mass is 10.2. The van der Waals surface area contributed by atoms with E-state index in [1.807, 2.05) is 0 Å². The van der Waals surface area contributed by atoms with Crippen LogP contribution in [0, 0.1) is 0 Å². The molecule has 0 aliphatic rings. The summed E-state index contributed by atoms with van der Waals surface area (Å²) < 4.78 is 10.4. The number of carbonyl (C=O) groups excluding carboxylic acids is 1. The second-order valence-corrected chi connectivity index (χ2v) is 3.96. The Labute approximate surface area is 107 Å². The fraction of sp³-hybridized carbons (Fsp3) is 0.462. The highest BCUT2D eigenvalue weighted by Crippen LogP contribution is 2.23. The number of nitrogens with two attached hydrogens (primary N) is 1. The SMILES string of the molecule is CCOC(=O)c1ccc(N)cc1OCCC(C)O. The summed E-state index contributed by atoms with van der Waals surface area (Å²) >= 11 is 0. The highest BCUT2D eigenvalue weighted by Gasteiger charge is 2.14. The van der Waals surface area contributed by atoms with E-state index in [0.717, 1.165) is 0 Å². The summed E-state index contributed by atoms with van der Waals surface area (Å²) in [7, 11) is 0. The van der Waals surface area contributed by atoms with Crippen molar-refractivity contribution in [3.8, 4) is 5.75 Å². The minimum atomic E-state index is -0.447. The van der Waals surface area contributed by atoms with Crippen molar-refractivity contribution in [2.45, 2.75) is 26.4 Å². The predicted octanol–water partition coefficient (Wildman–Crippen LogP) is 1.60. The van der Waals surface area contributed by atoms with Gasteiger partial charge in [-0.2, -0.15) is 0 Å². The number of hydrogen-bond acceptors (Lipinski definition) is 5. The van der Waals surface area contributed by atoms with Gasteiger partial charge in [0.15, 0.2) is 0 Å². The third-order valence-electron chi connectivity index (χ3n) is 2.29. The average Bonchev–Trinajstić information content (AvgIpc) is 2.29. The van der Waals surface area contributed by atoms with Crippen LogP contribution in [0.15, 0.2) is 18.2 Å². The van der Waals surface area contributed by atoms with E-state index >= 15 is 0 Å². The molecule has 0 spiro atoms. The molecule has 0 fully saturated rings. The molecule has 1 aromatic rings. The van der Waals surface area contributed by atoms with Gasteiger partial charge in [0.2, 0.25) is 0 Å². The van der Waals surface area contributed by atoms with Gasteiger partial charge in [-0.1, -0.05) is 0 Å². The van der Waals surface area contributed by atoms with Crippen LogP contribution < -0.4 is 10.5 Å². The number of benzene rings is 1. The molecule has 1 unspecified atom stereocenters. The van der Waals surface area contributed by atoms with Crippen molar-refractivity contribution in [1.29, 1.82) is 0 Å². The molecule has 0 radical (unpaired) electrons. The van der Waals surface area contributed by atoms with Gasteiger partial charge in [-0.25, -0.2) is 4.79 Å². The average molecular weight is 253 g/mol. The lowest BCUT2D eigenvalue weighted by Gasteiger charge is -2.12. The normalized spacial score (nSPS) is 11.9. The van der Waals surface area contributed by atoms with Crippen molar-refractivity contribution in [3.63, 3.8) is 0 Å². The van der Waals surface area contributed by atoms with Crippen molar-refractivity contribution in [2.75, 3.05) is 18.9 Å². The van der Waals surface area contributed by atoms with Gasteiger partial charge in [-0.3, -0.25) is 0 Å². The summed E-state index contributed by atoms with van der Waals surface area (Å²) in [6, 6.07) is 4.77. The predicted molar refractivity (Wildman–Crippen MR) is 68.6 cm³/mol. The van der Waals surface area contributed by atoms with Crippen LogP contribution >= 0.6 is 0 Å². The zero-order valence-electron chi connectivity index (χ0n) is 10.7. The Balaban J connectivity index is 2.79. The second-order valence-electron chi connectivity index (χ2n) is 3.96. The van der Waals surface area contributed by atoms with E-state index in [1.165, 1.54) is 0 Å². The Hall–Kier alpha value is -1.75. The Morgan fingerprint density at radius 3 is 2.83 bits per heavy atom. The van der Waals surface area contributed by atoms with Crippen molar-refractivity contribution < 1.29 is 19.4 Å². The zero-order chi connectivity index (χ0) is 13.5. The van der Waals surface area contributed by atoms with Crippen LogP contribution in [0.1, 0.15) is 30.6 Å². The molecule has 1 atom stereocenters. The molecular weight excluding hydrogens is 234 g/mol. The Morgan fingerprint density at radius 2 is 2.22 bits per heavy atom. The van der Waals surface area contributed by atoms with Gasteiger partial charge in [0.05, 0.1) is 19.3 Å². The molecule has 1 rings (SSSR count). The summed E-state index contributed by atoms with van der Waals surface area (Å²) in [6.07, 6.45) is 0.0361. The number of rotatable bonds is 6. The van der Waals surface area contributed by atoms with Crippen molar-refractivity contribution in [3.05, 3.63) is 23.8 Å². The summed E-state index contributed by atoms with van der Waals surface area (Å²) in [5, 5.41) is 9.15. The highest BCUT2D eigenvalue weighted by atomic mass is 16.5. The van der Waals surface area contributed by atoms with Gasteiger partial charge < -0.3 is 20.3 Å². The molecular formula is C13H19NO4. The third-order valence-corrected chi connectivity index (χ3v) is 2.29. The maximum atomic E-state index is 11.7. The first-order valence-corrected chi connectivity index (χ1v) is 5.92. The van der Waals surface area contributed by atoms with E-state index in [9.17, 15) is 4.79 Å². The Bertz CT molecular complexity index is 404. The van der Waals surface area contributed by atoms with E-state index in [0.29, 0.717) is 36.6 Å². The van der Waals surface area contributed by atoms with E-state index in [4.69, 9.17) is 20.3 Å². The minimum absolute atomic E-state index is 0.302. The number of carbonyl (C=O) groups is 1. The van der Waals surface area contributed by atoms with Gasteiger partial charge in [0, 0.05) is 18.2 Å². The number of aliphatic hydroxyl groups is 1. The molecule has 5 nitrogen and oxygen atoms in total. The maximum absolute atomic E-state index is 11.7. The standard InChI is InChI=1S/C13H19NO4/c1-3-17-13(16)11-5-4-10(14)8-12(11)18-7-6-9(2)15/h4-5,8-9,15H,3,6-7,14H2,1-2H3. The quantitative estimate of drug-likeness (QED) is 0.594. The second kappa shape index (κ2) is 6.86. The molecule has 5 heteroatoms. The summed E-state index contributed by atoms with van der Waals surface area (Å²) in [4.78, 5) is 11.7. The van der Waals surface area contributed by atoms with Gasteiger partial charge >= 0.3 is 5.97 Å². The topological polar surface area (TPSA) is 81.8 Å². The largest absolute Gasteiger partial charge is 0.493 e. The first-order chi connectivity index (χ1) is 8.54. The Morgan fingerprint density at radius 1 is 1.50 bits per heavy atom. The number of aliphatic hydroxyl groups excluding tert-OH is 1. The smallest absolute Gasteiger partial charge is 0.341 e. The molecule has 0 saturated carbocycles. The summed E-state index contributed by atoms with van der Waals surface area (Å²) in [5.41, 5.74) is 6.51. The van der Waals surface area contributed by atoms with E-state index in [2.05, 4.69) is 0 Å². The van der Waals surface area contributed by atoms with Gasteiger partial charge in [0.1, 0.15) is 11.3 Å². The Kier molecular flexibility index (Phi) is 5.45. The number of anilines is 1. The molecule has 0 saturated heterocycles. The fourth-order valence-corrected chi connectivity index (χ4v) is 1.38. The summed E-state index contributed by atoms with van der Waals surface area (Å²) in [5.74, 6) is -0.0568. The van der Waals surface area contributed by atoms with Gasteiger partial charge in [-0.05, 0) is 26.0 Å². The molecule has 0 amide bonds. The van der Waals surface area contributed by atoms with Crippen LogP contribution in [0.3, 0.4) is 0 Å². The first-order valence-electron chi connectivity index (χ1n) is 5.92. The molecule has 18 heavy (non-hydrogen) atoms. The molecule has 3 N–H and O–H groups in total.